The van der Waals surface area contributed by atoms with E-state index in [-0.39, 0.29) is 16.9 Å². The van der Waals surface area contributed by atoms with E-state index in [9.17, 15) is 9.59 Å². The number of amides is 1. The van der Waals surface area contributed by atoms with Crippen molar-refractivity contribution in [2.75, 3.05) is 19.5 Å². The zero-order chi connectivity index (χ0) is 10.6. The van der Waals surface area contributed by atoms with Crippen LogP contribution in [0.3, 0.4) is 0 Å². The summed E-state index contributed by atoms with van der Waals surface area (Å²) >= 11 is 5.49. The number of nitrogens with one attached hydrogen (secondary N) is 1. The second kappa shape index (κ2) is 4.81. The summed E-state index contributed by atoms with van der Waals surface area (Å²) < 4.78 is 0. The fourth-order valence-electron chi connectivity index (χ4n) is 1.02. The first-order valence-corrected chi connectivity index (χ1v) is 4.69. The minimum atomic E-state index is -0.312. The Hall–Kier alpha value is -1.29. The SMILES string of the molecule is CN(CCCl)C(=O)c1c[nH]ccc1=O. The molecule has 1 aromatic rings. The number of pyridine rings is 1. The first-order valence-electron chi connectivity index (χ1n) is 4.15. The van der Waals surface area contributed by atoms with Crippen LogP contribution in [0.1, 0.15) is 10.4 Å². The topological polar surface area (TPSA) is 53.2 Å². The van der Waals surface area contributed by atoms with Gasteiger partial charge in [-0.3, -0.25) is 9.59 Å². The predicted molar refractivity (Wildman–Crippen MR) is 54.7 cm³/mol. The van der Waals surface area contributed by atoms with Crippen LogP contribution in [0.2, 0.25) is 0 Å². The second-order valence-electron chi connectivity index (χ2n) is 2.84. The highest BCUT2D eigenvalue weighted by Gasteiger charge is 2.13. The smallest absolute Gasteiger partial charge is 0.259 e. The normalized spacial score (nSPS) is 9.86. The van der Waals surface area contributed by atoms with Gasteiger partial charge in [0.1, 0.15) is 5.56 Å². The Balaban J connectivity index is 2.90. The van der Waals surface area contributed by atoms with Crippen LogP contribution in [0.25, 0.3) is 0 Å². The zero-order valence-corrected chi connectivity index (χ0v) is 8.54. The maximum absolute atomic E-state index is 11.6. The zero-order valence-electron chi connectivity index (χ0n) is 7.79. The van der Waals surface area contributed by atoms with Gasteiger partial charge in [0, 0.05) is 37.9 Å². The van der Waals surface area contributed by atoms with Crippen molar-refractivity contribution in [3.05, 3.63) is 34.2 Å². The van der Waals surface area contributed by atoms with Gasteiger partial charge in [0.25, 0.3) is 5.91 Å². The highest BCUT2D eigenvalue weighted by Crippen LogP contribution is 1.96. The largest absolute Gasteiger partial charge is 0.367 e. The minimum absolute atomic E-state index is 0.139. The third-order valence-corrected chi connectivity index (χ3v) is 1.99. The molecule has 0 spiro atoms. The molecule has 1 rings (SSSR count). The van der Waals surface area contributed by atoms with E-state index in [0.717, 1.165) is 0 Å². The third kappa shape index (κ3) is 2.35. The van der Waals surface area contributed by atoms with Crippen molar-refractivity contribution >= 4 is 17.5 Å². The Labute approximate surface area is 86.5 Å². The second-order valence-corrected chi connectivity index (χ2v) is 3.22. The maximum atomic E-state index is 11.6. The molecule has 14 heavy (non-hydrogen) atoms. The lowest BCUT2D eigenvalue weighted by atomic mass is 10.2. The molecule has 1 aromatic heterocycles. The highest BCUT2D eigenvalue weighted by molar-refractivity contribution is 6.18. The highest BCUT2D eigenvalue weighted by atomic mass is 35.5. The predicted octanol–water partition coefficient (Wildman–Crippen LogP) is 0.686. The summed E-state index contributed by atoms with van der Waals surface area (Å²) in [6.45, 7) is 0.425. The Morgan fingerprint density at radius 2 is 2.36 bits per heavy atom. The molecule has 0 aliphatic heterocycles. The van der Waals surface area contributed by atoms with Gasteiger partial charge in [0.15, 0.2) is 5.43 Å². The third-order valence-electron chi connectivity index (χ3n) is 1.82. The number of rotatable bonds is 3. The molecule has 0 unspecified atom stereocenters. The molecule has 0 atom stereocenters. The van der Waals surface area contributed by atoms with Crippen molar-refractivity contribution in [2.45, 2.75) is 0 Å². The fraction of sp³-hybridized carbons (Fsp3) is 0.333. The number of nitrogens with zero attached hydrogens (tertiary/aromatic N) is 1. The van der Waals surface area contributed by atoms with E-state index in [0.29, 0.717) is 12.4 Å². The number of carbonyl (C=O) groups is 1. The molecule has 0 aliphatic rings. The molecular formula is C9H11ClN2O2. The van der Waals surface area contributed by atoms with Gasteiger partial charge in [-0.15, -0.1) is 11.6 Å². The van der Waals surface area contributed by atoms with Crippen LogP contribution < -0.4 is 5.43 Å². The summed E-state index contributed by atoms with van der Waals surface area (Å²) in [7, 11) is 1.61. The summed E-state index contributed by atoms with van der Waals surface area (Å²) in [5.41, 5.74) is -0.143. The van der Waals surface area contributed by atoms with Crippen LogP contribution >= 0.6 is 11.6 Å². The molecule has 0 saturated heterocycles. The van der Waals surface area contributed by atoms with Gasteiger partial charge in [-0.25, -0.2) is 0 Å². The number of alkyl halides is 1. The number of carbonyl (C=O) groups excluding carboxylic acids is 1. The molecule has 5 heteroatoms. The van der Waals surface area contributed by atoms with Crippen molar-refractivity contribution in [3.8, 4) is 0 Å². The first-order chi connectivity index (χ1) is 6.66. The van der Waals surface area contributed by atoms with Crippen molar-refractivity contribution < 1.29 is 4.79 Å². The fourth-order valence-corrected chi connectivity index (χ4v) is 1.27. The van der Waals surface area contributed by atoms with Crippen molar-refractivity contribution in [2.24, 2.45) is 0 Å². The number of H-pyrrole nitrogens is 1. The van der Waals surface area contributed by atoms with Gasteiger partial charge in [0.05, 0.1) is 0 Å². The number of aromatic amines is 1. The Kier molecular flexibility index (Phi) is 3.71. The Bertz CT molecular complexity index is 375. The summed E-state index contributed by atoms with van der Waals surface area (Å²) in [5.74, 6) is 0.0416. The maximum Gasteiger partial charge on any atom is 0.259 e. The lowest BCUT2D eigenvalue weighted by Crippen LogP contribution is -2.32. The molecule has 1 heterocycles. The number of hydrogen-bond donors (Lipinski definition) is 1. The lowest BCUT2D eigenvalue weighted by Gasteiger charge is -2.14. The molecule has 0 saturated carbocycles. The Morgan fingerprint density at radius 1 is 1.64 bits per heavy atom. The number of hydrogen-bond acceptors (Lipinski definition) is 2. The molecule has 1 N–H and O–H groups in total. The van der Waals surface area contributed by atoms with Crippen LogP contribution in [0.5, 0.6) is 0 Å². The molecule has 0 radical (unpaired) electrons. The summed E-state index contributed by atoms with van der Waals surface area (Å²) in [6, 6.07) is 1.32. The molecule has 1 amide bonds. The van der Waals surface area contributed by atoms with Crippen LogP contribution in [0.15, 0.2) is 23.3 Å². The van der Waals surface area contributed by atoms with Crippen molar-refractivity contribution in [1.82, 2.24) is 9.88 Å². The van der Waals surface area contributed by atoms with Gasteiger partial charge in [-0.2, -0.15) is 0 Å². The first kappa shape index (κ1) is 10.8. The average molecular weight is 215 g/mol. The molecule has 4 nitrogen and oxygen atoms in total. The lowest BCUT2D eigenvalue weighted by molar-refractivity contribution is 0.0801. The van der Waals surface area contributed by atoms with E-state index in [4.69, 9.17) is 11.6 Å². The van der Waals surface area contributed by atoms with Crippen LogP contribution in [-0.4, -0.2) is 35.3 Å². The number of halogens is 1. The van der Waals surface area contributed by atoms with Gasteiger partial charge in [0.2, 0.25) is 0 Å². The molecule has 0 bridgehead atoms. The van der Waals surface area contributed by atoms with E-state index < -0.39 is 0 Å². The van der Waals surface area contributed by atoms with E-state index in [1.54, 1.807) is 7.05 Å². The molecule has 76 valence electrons. The van der Waals surface area contributed by atoms with Crippen LogP contribution in [0, 0.1) is 0 Å². The van der Waals surface area contributed by atoms with Crippen LogP contribution in [0.4, 0.5) is 0 Å². The average Bonchev–Trinajstić information content (AvgIpc) is 2.18. The standard InChI is InChI=1S/C9H11ClN2O2/c1-12(5-3-10)9(14)7-6-11-4-2-8(7)13/h2,4,6H,3,5H2,1H3,(H,11,13). The van der Waals surface area contributed by atoms with Crippen LogP contribution in [-0.2, 0) is 0 Å². The summed E-state index contributed by atoms with van der Waals surface area (Å²) in [5, 5.41) is 0. The monoisotopic (exact) mass is 214 g/mol. The van der Waals surface area contributed by atoms with E-state index in [1.807, 2.05) is 0 Å². The van der Waals surface area contributed by atoms with Crippen molar-refractivity contribution in [3.63, 3.8) is 0 Å². The van der Waals surface area contributed by atoms with E-state index >= 15 is 0 Å². The van der Waals surface area contributed by atoms with E-state index in [1.165, 1.54) is 23.4 Å². The molecule has 0 aromatic carbocycles. The molecule has 0 fully saturated rings. The van der Waals surface area contributed by atoms with Crippen molar-refractivity contribution in [1.29, 1.82) is 0 Å². The quantitative estimate of drug-likeness (QED) is 0.753. The van der Waals surface area contributed by atoms with E-state index in [2.05, 4.69) is 4.98 Å². The van der Waals surface area contributed by atoms with Gasteiger partial charge in [-0.1, -0.05) is 0 Å². The number of aromatic nitrogens is 1. The van der Waals surface area contributed by atoms with Gasteiger partial charge in [-0.05, 0) is 0 Å². The Morgan fingerprint density at radius 3 is 2.93 bits per heavy atom. The van der Waals surface area contributed by atoms with Gasteiger partial charge >= 0.3 is 0 Å². The summed E-state index contributed by atoms with van der Waals surface area (Å²) in [6.07, 6.45) is 2.88. The van der Waals surface area contributed by atoms with Gasteiger partial charge < -0.3 is 9.88 Å². The molecular weight excluding hydrogens is 204 g/mol. The molecule has 0 aliphatic carbocycles. The summed E-state index contributed by atoms with van der Waals surface area (Å²) in [4.78, 5) is 27.0. The minimum Gasteiger partial charge on any atom is -0.367 e.